The molecule has 0 atom stereocenters. The van der Waals surface area contributed by atoms with Gasteiger partial charge >= 0.3 is 5.63 Å². The molecule has 29 heavy (non-hydrogen) atoms. The molecule has 2 heterocycles. The number of para-hydroxylation sites is 1. The Kier molecular flexibility index (Phi) is 5.39. The van der Waals surface area contributed by atoms with Gasteiger partial charge in [0.05, 0.1) is 5.56 Å². The van der Waals surface area contributed by atoms with Crippen molar-refractivity contribution in [1.82, 2.24) is 4.98 Å². The third-order valence-electron chi connectivity index (χ3n) is 4.35. The lowest BCUT2D eigenvalue weighted by Gasteiger charge is -2.12. The summed E-state index contributed by atoms with van der Waals surface area (Å²) in [6, 6.07) is 17.8. The minimum Gasteiger partial charge on any atom is -0.421 e. The van der Waals surface area contributed by atoms with Gasteiger partial charge in [-0.3, -0.25) is 9.78 Å². The number of rotatable bonds is 5. The summed E-state index contributed by atoms with van der Waals surface area (Å²) in [6.45, 7) is 0.541. The van der Waals surface area contributed by atoms with Gasteiger partial charge in [0.2, 0.25) is 0 Å². The van der Waals surface area contributed by atoms with Crippen molar-refractivity contribution in [2.75, 3.05) is 10.6 Å². The van der Waals surface area contributed by atoms with Crippen LogP contribution < -0.4 is 16.3 Å². The first kappa shape index (κ1) is 18.9. The summed E-state index contributed by atoms with van der Waals surface area (Å²) < 4.78 is 6.16. The molecule has 0 aliphatic rings. The maximum absolute atomic E-state index is 12.9. The summed E-state index contributed by atoms with van der Waals surface area (Å²) in [7, 11) is 0. The topological polar surface area (TPSA) is 84.2 Å². The first-order chi connectivity index (χ1) is 14.1. The van der Waals surface area contributed by atoms with Crippen molar-refractivity contribution in [2.24, 2.45) is 0 Å². The number of amides is 1. The molecule has 4 rings (SSSR count). The van der Waals surface area contributed by atoms with Crippen molar-refractivity contribution >= 4 is 44.2 Å². The molecule has 0 aliphatic heterocycles. The lowest BCUT2D eigenvalue weighted by molar-refractivity contribution is 0.102. The summed E-state index contributed by atoms with van der Waals surface area (Å²) >= 11 is 3.39. The molecule has 0 unspecified atom stereocenters. The third kappa shape index (κ3) is 4.35. The van der Waals surface area contributed by atoms with Crippen LogP contribution in [0.25, 0.3) is 11.0 Å². The number of carbonyl (C=O) groups excluding carboxylic acids is 1. The average Bonchev–Trinajstić information content (AvgIpc) is 2.74. The highest BCUT2D eigenvalue weighted by atomic mass is 79.9. The van der Waals surface area contributed by atoms with Gasteiger partial charge < -0.3 is 15.1 Å². The molecule has 2 N–H and O–H groups in total. The summed E-state index contributed by atoms with van der Waals surface area (Å²) in [4.78, 5) is 29.1. The number of aromatic nitrogens is 1. The Balaban J connectivity index is 1.58. The van der Waals surface area contributed by atoms with Crippen LogP contribution in [0.5, 0.6) is 0 Å². The van der Waals surface area contributed by atoms with Crippen molar-refractivity contribution in [3.8, 4) is 0 Å². The molecule has 1 amide bonds. The number of halogens is 1. The van der Waals surface area contributed by atoms with Crippen LogP contribution in [0.15, 0.2) is 86.7 Å². The molecule has 6 nitrogen and oxygen atoms in total. The fraction of sp³-hybridized carbons (Fsp3) is 0.0455. The van der Waals surface area contributed by atoms with Crippen LogP contribution in [0.4, 0.5) is 11.4 Å². The van der Waals surface area contributed by atoms with Gasteiger partial charge in [-0.05, 0) is 54.1 Å². The average molecular weight is 450 g/mol. The summed E-state index contributed by atoms with van der Waals surface area (Å²) in [6.07, 6.45) is 3.43. The van der Waals surface area contributed by atoms with Crippen molar-refractivity contribution in [3.05, 3.63) is 99.1 Å². The molecule has 2 aromatic carbocycles. The minimum atomic E-state index is -0.601. The zero-order chi connectivity index (χ0) is 20.2. The second-order valence-electron chi connectivity index (χ2n) is 6.34. The van der Waals surface area contributed by atoms with E-state index in [1.165, 1.54) is 0 Å². The molecule has 0 aliphatic carbocycles. The van der Waals surface area contributed by atoms with Crippen LogP contribution in [0, 0.1) is 0 Å². The molecule has 2 aromatic heterocycles. The second-order valence-corrected chi connectivity index (χ2v) is 7.25. The molecule has 0 spiro atoms. The van der Waals surface area contributed by atoms with Crippen LogP contribution in [0.1, 0.15) is 15.9 Å². The minimum absolute atomic E-state index is 0.0875. The molecular weight excluding hydrogens is 434 g/mol. The van der Waals surface area contributed by atoms with Gasteiger partial charge in [0.15, 0.2) is 0 Å². The van der Waals surface area contributed by atoms with E-state index in [9.17, 15) is 9.59 Å². The molecule has 144 valence electrons. The van der Waals surface area contributed by atoms with E-state index >= 15 is 0 Å². The predicted molar refractivity (Wildman–Crippen MR) is 116 cm³/mol. The van der Waals surface area contributed by atoms with Gasteiger partial charge in [-0.25, -0.2) is 4.79 Å². The summed E-state index contributed by atoms with van der Waals surface area (Å²) in [5.41, 5.74) is 2.07. The predicted octanol–water partition coefficient (Wildman–Crippen LogP) is 4.81. The van der Waals surface area contributed by atoms with E-state index in [1.54, 1.807) is 42.7 Å². The van der Waals surface area contributed by atoms with E-state index in [2.05, 4.69) is 31.5 Å². The van der Waals surface area contributed by atoms with E-state index in [1.807, 2.05) is 30.3 Å². The van der Waals surface area contributed by atoms with Gasteiger partial charge in [0.25, 0.3) is 5.91 Å². The molecule has 0 radical (unpaired) electrons. The van der Waals surface area contributed by atoms with E-state index in [4.69, 9.17) is 4.42 Å². The third-order valence-corrected chi connectivity index (χ3v) is 4.84. The number of fused-ring (bicyclic) bond motifs is 1. The Morgan fingerprint density at radius 1 is 1.00 bits per heavy atom. The molecule has 0 bridgehead atoms. The van der Waals surface area contributed by atoms with E-state index in [-0.39, 0.29) is 5.69 Å². The maximum atomic E-state index is 12.9. The van der Waals surface area contributed by atoms with E-state index in [0.29, 0.717) is 28.8 Å². The molecule has 0 saturated carbocycles. The van der Waals surface area contributed by atoms with Gasteiger partial charge in [-0.15, -0.1) is 0 Å². The van der Waals surface area contributed by atoms with Crippen LogP contribution in [-0.2, 0) is 6.54 Å². The number of nitrogens with zero attached hydrogens (tertiary/aromatic N) is 1. The highest BCUT2D eigenvalue weighted by Gasteiger charge is 2.14. The Bertz CT molecular complexity index is 1240. The molecule has 0 fully saturated rings. The second kappa shape index (κ2) is 8.28. The normalized spacial score (nSPS) is 10.7. The summed E-state index contributed by atoms with van der Waals surface area (Å²) in [5.74, 6) is -0.399. The van der Waals surface area contributed by atoms with Crippen LogP contribution in [0.3, 0.4) is 0 Å². The summed E-state index contributed by atoms with van der Waals surface area (Å²) in [5, 5.41) is 6.62. The number of pyridine rings is 1. The van der Waals surface area contributed by atoms with Crippen molar-refractivity contribution in [3.63, 3.8) is 0 Å². The van der Waals surface area contributed by atoms with Gasteiger partial charge in [-0.1, -0.05) is 28.1 Å². The van der Waals surface area contributed by atoms with E-state index < -0.39 is 11.5 Å². The fourth-order valence-corrected chi connectivity index (χ4v) is 3.28. The molecular formula is C22H16BrN3O3. The molecule has 7 heteroatoms. The van der Waals surface area contributed by atoms with Crippen LogP contribution in [-0.4, -0.2) is 10.9 Å². The Hall–Kier alpha value is -3.45. The largest absolute Gasteiger partial charge is 0.421 e. The number of hydrogen-bond donors (Lipinski definition) is 2. The first-order valence-corrected chi connectivity index (χ1v) is 9.66. The molecule has 4 aromatic rings. The SMILES string of the molecule is O=C(Nc1cc2cc(Br)ccc2oc1=O)c1ccccc1NCc1ccncc1. The Labute approximate surface area is 174 Å². The quantitative estimate of drug-likeness (QED) is 0.426. The maximum Gasteiger partial charge on any atom is 0.360 e. The highest BCUT2D eigenvalue weighted by Crippen LogP contribution is 2.22. The number of benzene rings is 2. The monoisotopic (exact) mass is 449 g/mol. The van der Waals surface area contributed by atoms with Crippen molar-refractivity contribution in [2.45, 2.75) is 6.54 Å². The smallest absolute Gasteiger partial charge is 0.360 e. The van der Waals surface area contributed by atoms with Gasteiger partial charge in [0.1, 0.15) is 11.3 Å². The van der Waals surface area contributed by atoms with Gasteiger partial charge in [0, 0.05) is 34.5 Å². The number of nitrogens with one attached hydrogen (secondary N) is 2. The lowest BCUT2D eigenvalue weighted by atomic mass is 10.1. The Morgan fingerprint density at radius 2 is 1.79 bits per heavy atom. The number of anilines is 2. The first-order valence-electron chi connectivity index (χ1n) is 8.87. The number of hydrogen-bond acceptors (Lipinski definition) is 5. The van der Waals surface area contributed by atoms with Crippen LogP contribution in [0.2, 0.25) is 0 Å². The van der Waals surface area contributed by atoms with Crippen molar-refractivity contribution in [1.29, 1.82) is 0 Å². The van der Waals surface area contributed by atoms with Crippen molar-refractivity contribution < 1.29 is 9.21 Å². The van der Waals surface area contributed by atoms with Gasteiger partial charge in [-0.2, -0.15) is 0 Å². The molecule has 0 saturated heterocycles. The highest BCUT2D eigenvalue weighted by molar-refractivity contribution is 9.10. The Morgan fingerprint density at radius 3 is 2.62 bits per heavy atom. The zero-order valence-corrected chi connectivity index (χ0v) is 16.8. The van der Waals surface area contributed by atoms with E-state index in [0.717, 1.165) is 10.0 Å². The standard InChI is InChI=1S/C22H16BrN3O3/c23-16-5-6-20-15(11-16)12-19(22(28)29-20)26-21(27)17-3-1-2-4-18(17)25-13-14-7-9-24-10-8-14/h1-12,25H,13H2,(H,26,27). The van der Waals surface area contributed by atoms with Crippen LogP contribution >= 0.6 is 15.9 Å². The fourth-order valence-electron chi connectivity index (χ4n) is 2.90. The number of carbonyl (C=O) groups is 1. The zero-order valence-electron chi connectivity index (χ0n) is 15.2. The lowest BCUT2D eigenvalue weighted by Crippen LogP contribution is -2.19.